The van der Waals surface area contributed by atoms with Gasteiger partial charge in [0.05, 0.1) is 11.1 Å². The topological polar surface area (TPSA) is 52.6 Å². The fraction of sp³-hybridized carbons (Fsp3) is 0.750. The summed E-state index contributed by atoms with van der Waals surface area (Å²) < 4.78 is 12.7. The monoisotopic (exact) mass is 490 g/mol. The lowest BCUT2D eigenvalue weighted by atomic mass is 9.43. The molecule has 0 aliphatic heterocycles. The number of hydrogen-bond donors (Lipinski definition) is 0. The molecule has 0 saturated heterocycles. The van der Waals surface area contributed by atoms with E-state index in [-0.39, 0.29) is 23.1 Å². The first-order chi connectivity index (χ1) is 16.8. The Balaban J connectivity index is 1.05. The summed E-state index contributed by atoms with van der Waals surface area (Å²) in [7, 11) is 0. The molecule has 4 nitrogen and oxygen atoms in total. The van der Waals surface area contributed by atoms with Crippen molar-refractivity contribution in [3.63, 3.8) is 0 Å². The van der Waals surface area contributed by atoms with E-state index < -0.39 is 0 Å². The van der Waals surface area contributed by atoms with Crippen molar-refractivity contribution in [1.82, 2.24) is 0 Å². The lowest BCUT2D eigenvalue weighted by Gasteiger charge is -2.64. The number of hydrogen-bond acceptors (Lipinski definition) is 4. The molecular formula is C32H42O4. The summed E-state index contributed by atoms with van der Waals surface area (Å²) in [6.45, 7) is 9.57. The van der Waals surface area contributed by atoms with Gasteiger partial charge < -0.3 is 9.47 Å². The normalized spacial score (nSPS) is 49.8. The van der Waals surface area contributed by atoms with E-state index in [1.54, 1.807) is 24.3 Å². The van der Waals surface area contributed by atoms with E-state index in [4.69, 9.17) is 9.47 Å². The van der Waals surface area contributed by atoms with E-state index in [2.05, 4.69) is 27.7 Å². The van der Waals surface area contributed by atoms with Crippen molar-refractivity contribution < 1.29 is 19.1 Å². The first-order valence-corrected chi connectivity index (χ1v) is 14.4. The van der Waals surface area contributed by atoms with Gasteiger partial charge >= 0.3 is 11.9 Å². The molecule has 8 aliphatic carbocycles. The van der Waals surface area contributed by atoms with Crippen LogP contribution in [-0.4, -0.2) is 23.1 Å². The maximum Gasteiger partial charge on any atom is 0.338 e. The Morgan fingerprint density at radius 1 is 0.556 bits per heavy atom. The molecule has 9 rings (SSSR count). The molecule has 0 aromatic heterocycles. The minimum absolute atomic E-state index is 0.244. The molecular weight excluding hydrogens is 448 g/mol. The Kier molecular flexibility index (Phi) is 4.51. The molecule has 4 unspecified atom stereocenters. The van der Waals surface area contributed by atoms with Crippen molar-refractivity contribution in [2.24, 2.45) is 33.5 Å². The largest absolute Gasteiger partial charge is 0.455 e. The Morgan fingerprint density at radius 2 is 0.861 bits per heavy atom. The molecule has 1 aromatic carbocycles. The zero-order chi connectivity index (χ0) is 25.2. The minimum atomic E-state index is -0.317. The van der Waals surface area contributed by atoms with Gasteiger partial charge in [0.2, 0.25) is 0 Å². The van der Waals surface area contributed by atoms with E-state index in [9.17, 15) is 9.59 Å². The molecule has 8 aliphatic rings. The molecule has 0 heterocycles. The molecule has 8 fully saturated rings. The highest BCUT2D eigenvalue weighted by Gasteiger charge is 2.63. The lowest BCUT2D eigenvalue weighted by Crippen LogP contribution is -2.60. The molecule has 36 heavy (non-hydrogen) atoms. The second-order valence-electron chi connectivity index (χ2n) is 16.0. The first kappa shape index (κ1) is 23.3. The summed E-state index contributed by atoms with van der Waals surface area (Å²) in [5.74, 6) is 0.864. The van der Waals surface area contributed by atoms with Gasteiger partial charge in [-0.2, -0.15) is 0 Å². The smallest absolute Gasteiger partial charge is 0.338 e. The van der Waals surface area contributed by atoms with Crippen LogP contribution in [0.5, 0.6) is 0 Å². The molecule has 8 saturated carbocycles. The zero-order valence-corrected chi connectivity index (χ0v) is 22.6. The quantitative estimate of drug-likeness (QED) is 0.410. The van der Waals surface area contributed by atoms with E-state index in [1.165, 1.54) is 38.5 Å². The fourth-order valence-corrected chi connectivity index (χ4v) is 12.2. The van der Waals surface area contributed by atoms with E-state index >= 15 is 0 Å². The maximum absolute atomic E-state index is 13.3. The highest BCUT2D eigenvalue weighted by Crippen LogP contribution is 2.68. The first-order valence-electron chi connectivity index (χ1n) is 14.4. The van der Waals surface area contributed by atoms with Crippen molar-refractivity contribution >= 4 is 11.9 Å². The summed E-state index contributed by atoms with van der Waals surface area (Å²) in [6.07, 6.45) is 13.6. The van der Waals surface area contributed by atoms with Gasteiger partial charge in [-0.25, -0.2) is 9.59 Å². The third kappa shape index (κ3) is 3.68. The van der Waals surface area contributed by atoms with Gasteiger partial charge in [-0.3, -0.25) is 0 Å². The van der Waals surface area contributed by atoms with Crippen LogP contribution in [-0.2, 0) is 9.47 Å². The second kappa shape index (κ2) is 6.97. The molecule has 194 valence electrons. The molecule has 4 heteroatoms. The summed E-state index contributed by atoms with van der Waals surface area (Å²) in [6, 6.07) is 7.02. The average molecular weight is 491 g/mol. The third-order valence-corrected chi connectivity index (χ3v) is 11.1. The Morgan fingerprint density at radius 3 is 1.14 bits per heavy atom. The number of ether oxygens (including phenoxy) is 2. The third-order valence-electron chi connectivity index (χ3n) is 11.1. The summed E-state index contributed by atoms with van der Waals surface area (Å²) in [5.41, 5.74) is 1.63. The van der Waals surface area contributed by atoms with Gasteiger partial charge in [-0.05, 0) is 135 Å². The van der Waals surface area contributed by atoms with Gasteiger partial charge in [0.25, 0.3) is 0 Å². The van der Waals surface area contributed by atoms with Crippen LogP contribution in [0.1, 0.15) is 125 Å². The van der Waals surface area contributed by atoms with Gasteiger partial charge in [0.15, 0.2) is 0 Å². The van der Waals surface area contributed by atoms with Crippen LogP contribution in [0.4, 0.5) is 0 Å². The second-order valence-corrected chi connectivity index (χ2v) is 16.0. The van der Waals surface area contributed by atoms with Crippen LogP contribution in [0.2, 0.25) is 0 Å². The van der Waals surface area contributed by atoms with Gasteiger partial charge in [-0.15, -0.1) is 0 Å². The number of carbonyl (C=O) groups excluding carboxylic acids is 2. The van der Waals surface area contributed by atoms with Crippen molar-refractivity contribution in [3.05, 3.63) is 35.4 Å². The maximum atomic E-state index is 13.3. The summed E-state index contributed by atoms with van der Waals surface area (Å²) in [4.78, 5) is 26.5. The van der Waals surface area contributed by atoms with Crippen molar-refractivity contribution in [2.75, 3.05) is 0 Å². The number of esters is 2. The standard InChI is InChI=1S/C32H42O4/c1-27-9-21-10-28(2,15-27)18-31(13-21,17-27)35-25(33)23-5-7-24(8-6-23)26(34)36-32-14-22-11-29(3,19-32)16-30(4,12-22)20-32/h5-8,21-22H,9-20H2,1-4H3. The van der Waals surface area contributed by atoms with E-state index in [1.807, 2.05) is 0 Å². The predicted molar refractivity (Wildman–Crippen MR) is 138 cm³/mol. The SMILES string of the molecule is CC12CC3CC(C)(C1)CC(OC(=O)c1ccc(C(=O)OC45CC6CC(C)(CC(C)(C6)C4)C5)cc1)(C3)C2. The molecule has 0 radical (unpaired) electrons. The molecule has 0 spiro atoms. The molecule has 8 bridgehead atoms. The molecule has 1 aromatic rings. The van der Waals surface area contributed by atoms with Crippen LogP contribution in [0, 0.1) is 33.5 Å². The Labute approximate surface area is 215 Å². The summed E-state index contributed by atoms with van der Waals surface area (Å²) in [5, 5.41) is 0. The van der Waals surface area contributed by atoms with E-state index in [0.717, 1.165) is 38.5 Å². The average Bonchev–Trinajstić information content (AvgIpc) is 2.67. The van der Waals surface area contributed by atoms with Crippen LogP contribution < -0.4 is 0 Å². The molecule has 0 amide bonds. The Bertz CT molecular complexity index is 1010. The van der Waals surface area contributed by atoms with Crippen LogP contribution in [0.15, 0.2) is 24.3 Å². The number of rotatable bonds is 4. The lowest BCUT2D eigenvalue weighted by molar-refractivity contribution is -0.191. The highest BCUT2D eigenvalue weighted by atomic mass is 16.6. The van der Waals surface area contributed by atoms with Crippen LogP contribution in [0.25, 0.3) is 0 Å². The molecule has 0 N–H and O–H groups in total. The zero-order valence-electron chi connectivity index (χ0n) is 22.6. The highest BCUT2D eigenvalue weighted by molar-refractivity contribution is 5.93. The number of carbonyl (C=O) groups is 2. The minimum Gasteiger partial charge on any atom is -0.455 e. The van der Waals surface area contributed by atoms with Crippen LogP contribution >= 0.6 is 0 Å². The van der Waals surface area contributed by atoms with Gasteiger partial charge in [-0.1, -0.05) is 27.7 Å². The summed E-state index contributed by atoms with van der Waals surface area (Å²) >= 11 is 0. The van der Waals surface area contributed by atoms with Gasteiger partial charge in [0, 0.05) is 0 Å². The van der Waals surface area contributed by atoms with Crippen molar-refractivity contribution in [3.8, 4) is 0 Å². The van der Waals surface area contributed by atoms with Crippen molar-refractivity contribution in [1.29, 1.82) is 0 Å². The number of benzene rings is 1. The van der Waals surface area contributed by atoms with Crippen LogP contribution in [0.3, 0.4) is 0 Å². The van der Waals surface area contributed by atoms with Gasteiger partial charge in [0.1, 0.15) is 11.2 Å². The fourth-order valence-electron chi connectivity index (χ4n) is 12.2. The predicted octanol–water partition coefficient (Wildman–Crippen LogP) is 7.50. The van der Waals surface area contributed by atoms with E-state index in [0.29, 0.717) is 44.6 Å². The molecule has 4 atom stereocenters. The Hall–Kier alpha value is -1.84. The van der Waals surface area contributed by atoms with Crippen molar-refractivity contribution in [2.45, 2.75) is 116 Å².